The van der Waals surface area contributed by atoms with Crippen molar-refractivity contribution in [2.24, 2.45) is 0 Å². The van der Waals surface area contributed by atoms with Crippen LogP contribution >= 0.6 is 8.58 Å². The highest BCUT2D eigenvalue weighted by Gasteiger charge is 2.10. The number of benzene rings is 2. The van der Waals surface area contributed by atoms with E-state index in [-0.39, 0.29) is 0 Å². The van der Waals surface area contributed by atoms with E-state index in [0.29, 0.717) is 8.58 Å². The van der Waals surface area contributed by atoms with Crippen molar-refractivity contribution >= 4 is 25.5 Å². The minimum absolute atomic E-state index is 0.425. The molecule has 0 bridgehead atoms. The van der Waals surface area contributed by atoms with Crippen LogP contribution in [0, 0.1) is 13.8 Å². The summed E-state index contributed by atoms with van der Waals surface area (Å²) in [7, 11) is 2.12. The fourth-order valence-electron chi connectivity index (χ4n) is 2.18. The van der Waals surface area contributed by atoms with Gasteiger partial charge in [0.05, 0.1) is 7.11 Å². The summed E-state index contributed by atoms with van der Waals surface area (Å²) in [5.74, 6) is 0.921. The van der Waals surface area contributed by atoms with Crippen LogP contribution in [0.15, 0.2) is 36.4 Å². The van der Waals surface area contributed by atoms with Crippen LogP contribution in [-0.2, 0) is 0 Å². The van der Waals surface area contributed by atoms with Gasteiger partial charge in [0.2, 0.25) is 0 Å². The zero-order valence-electron chi connectivity index (χ0n) is 11.4. The lowest BCUT2D eigenvalue weighted by atomic mass is 10.1. The molecule has 0 saturated carbocycles. The first-order valence-electron chi connectivity index (χ1n) is 6.12. The van der Waals surface area contributed by atoms with E-state index < -0.39 is 0 Å². The first-order chi connectivity index (χ1) is 9.15. The minimum Gasteiger partial charge on any atom is -0.496 e. The third-order valence-electron chi connectivity index (χ3n) is 2.98. The molecular weight excluding hydrogens is 255 g/mol. The maximum atomic E-state index is 11.1. The summed E-state index contributed by atoms with van der Waals surface area (Å²) in [5, 5.41) is 2.20. The number of ether oxygens (including phenoxy) is 1. The second-order valence-corrected chi connectivity index (χ2v) is 5.82. The molecule has 0 amide bonds. The van der Waals surface area contributed by atoms with Gasteiger partial charge in [-0.2, -0.15) is 0 Å². The van der Waals surface area contributed by atoms with Gasteiger partial charge in [-0.15, -0.1) is 0 Å². The molecule has 0 fully saturated rings. The van der Waals surface area contributed by atoms with Gasteiger partial charge in [-0.05, 0) is 36.3 Å². The summed E-state index contributed by atoms with van der Waals surface area (Å²) in [5.41, 5.74) is 3.10. The van der Waals surface area contributed by atoms with E-state index in [1.165, 1.54) is 5.56 Å². The highest BCUT2D eigenvalue weighted by Crippen LogP contribution is 2.25. The number of carbonyl (C=O) groups excluding carboxylic acids is 1. The number of hydrogen-bond acceptors (Lipinski definition) is 2. The Morgan fingerprint density at radius 1 is 1.11 bits per heavy atom. The van der Waals surface area contributed by atoms with Crippen LogP contribution in [0.1, 0.15) is 21.5 Å². The molecule has 3 heteroatoms. The van der Waals surface area contributed by atoms with Gasteiger partial charge in [0, 0.05) is 10.9 Å². The van der Waals surface area contributed by atoms with E-state index in [1.54, 1.807) is 7.11 Å². The lowest BCUT2D eigenvalue weighted by molar-refractivity contribution is 0.112. The molecule has 0 aromatic heterocycles. The molecule has 2 aromatic carbocycles. The molecular formula is C16H17O2P. The van der Waals surface area contributed by atoms with Crippen LogP contribution in [0.5, 0.6) is 5.75 Å². The standard InChI is InChI=1S/C16H17O2P/c1-11-8-12(2)16(18-3)15(9-11)19-14-7-5-4-6-13(14)10-17/h4-10,19H,1-3H3. The molecule has 1 atom stereocenters. The fourth-order valence-corrected chi connectivity index (χ4v) is 3.65. The van der Waals surface area contributed by atoms with Crippen LogP contribution in [0.25, 0.3) is 0 Å². The minimum atomic E-state index is 0.425. The zero-order chi connectivity index (χ0) is 13.8. The molecule has 2 aromatic rings. The lowest BCUT2D eigenvalue weighted by Gasteiger charge is -2.13. The van der Waals surface area contributed by atoms with Gasteiger partial charge >= 0.3 is 0 Å². The number of aryl methyl sites for hydroxylation is 2. The Kier molecular flexibility index (Phi) is 4.34. The number of rotatable bonds is 4. The summed E-state index contributed by atoms with van der Waals surface area (Å²) < 4.78 is 5.50. The maximum absolute atomic E-state index is 11.1. The van der Waals surface area contributed by atoms with E-state index in [0.717, 1.165) is 33.8 Å². The monoisotopic (exact) mass is 272 g/mol. The second-order valence-electron chi connectivity index (χ2n) is 4.49. The van der Waals surface area contributed by atoms with Gasteiger partial charge in [-0.3, -0.25) is 4.79 Å². The zero-order valence-corrected chi connectivity index (χ0v) is 12.4. The van der Waals surface area contributed by atoms with Crippen molar-refractivity contribution in [3.8, 4) is 5.75 Å². The topological polar surface area (TPSA) is 26.3 Å². The first kappa shape index (κ1) is 13.8. The molecule has 0 spiro atoms. The Hall–Kier alpha value is -1.66. The summed E-state index contributed by atoms with van der Waals surface area (Å²) in [6.45, 7) is 4.12. The smallest absolute Gasteiger partial charge is 0.150 e. The molecule has 0 N–H and O–H groups in total. The van der Waals surface area contributed by atoms with Gasteiger partial charge in [-0.1, -0.05) is 38.9 Å². The highest BCUT2D eigenvalue weighted by atomic mass is 31.1. The van der Waals surface area contributed by atoms with Gasteiger partial charge in [0.1, 0.15) is 5.75 Å². The van der Waals surface area contributed by atoms with Crippen LogP contribution in [-0.4, -0.2) is 13.4 Å². The molecule has 0 aliphatic carbocycles. The summed E-state index contributed by atoms with van der Waals surface area (Å²) >= 11 is 0. The van der Waals surface area contributed by atoms with Gasteiger partial charge in [-0.25, -0.2) is 0 Å². The summed E-state index contributed by atoms with van der Waals surface area (Å²) in [6.07, 6.45) is 0.914. The van der Waals surface area contributed by atoms with Crippen molar-refractivity contribution in [3.63, 3.8) is 0 Å². The fraction of sp³-hybridized carbons (Fsp3) is 0.188. The van der Waals surface area contributed by atoms with E-state index >= 15 is 0 Å². The van der Waals surface area contributed by atoms with Crippen LogP contribution in [0.4, 0.5) is 0 Å². The Morgan fingerprint density at radius 3 is 2.53 bits per heavy atom. The third-order valence-corrected chi connectivity index (χ3v) is 4.35. The Labute approximate surface area is 115 Å². The van der Waals surface area contributed by atoms with Crippen molar-refractivity contribution in [2.45, 2.75) is 13.8 Å². The molecule has 0 saturated heterocycles. The van der Waals surface area contributed by atoms with Crippen molar-refractivity contribution in [3.05, 3.63) is 53.1 Å². The van der Waals surface area contributed by atoms with E-state index in [4.69, 9.17) is 4.74 Å². The predicted molar refractivity (Wildman–Crippen MR) is 81.9 cm³/mol. The molecule has 0 radical (unpaired) electrons. The van der Waals surface area contributed by atoms with Crippen molar-refractivity contribution < 1.29 is 9.53 Å². The van der Waals surface area contributed by atoms with Crippen molar-refractivity contribution in [2.75, 3.05) is 7.11 Å². The largest absolute Gasteiger partial charge is 0.496 e. The van der Waals surface area contributed by atoms with Gasteiger partial charge in [0.25, 0.3) is 0 Å². The number of aldehydes is 1. The molecule has 98 valence electrons. The molecule has 19 heavy (non-hydrogen) atoms. The van der Waals surface area contributed by atoms with E-state index in [9.17, 15) is 4.79 Å². The Balaban J connectivity index is 2.45. The van der Waals surface area contributed by atoms with E-state index in [2.05, 4.69) is 19.1 Å². The van der Waals surface area contributed by atoms with Crippen LogP contribution < -0.4 is 15.3 Å². The Bertz CT molecular complexity index is 606. The molecule has 0 heterocycles. The molecule has 0 aliphatic rings. The van der Waals surface area contributed by atoms with E-state index in [1.807, 2.05) is 31.2 Å². The quantitative estimate of drug-likeness (QED) is 0.632. The van der Waals surface area contributed by atoms with Crippen molar-refractivity contribution in [1.82, 2.24) is 0 Å². The highest BCUT2D eigenvalue weighted by molar-refractivity contribution is 7.56. The SMILES string of the molecule is COc1c(C)cc(C)cc1Pc1ccccc1C=O. The maximum Gasteiger partial charge on any atom is 0.150 e. The molecule has 1 unspecified atom stereocenters. The second kappa shape index (κ2) is 5.99. The lowest BCUT2D eigenvalue weighted by Crippen LogP contribution is -2.12. The van der Waals surface area contributed by atoms with Crippen LogP contribution in [0.2, 0.25) is 0 Å². The average molecular weight is 272 g/mol. The third kappa shape index (κ3) is 3.02. The number of hydrogen-bond donors (Lipinski definition) is 0. The summed E-state index contributed by atoms with van der Waals surface area (Å²) in [4.78, 5) is 11.1. The predicted octanol–water partition coefficient (Wildman–Crippen LogP) is 2.75. The number of methoxy groups -OCH3 is 1. The average Bonchev–Trinajstić information content (AvgIpc) is 2.39. The van der Waals surface area contributed by atoms with Crippen LogP contribution in [0.3, 0.4) is 0 Å². The molecule has 2 rings (SSSR count). The summed E-state index contributed by atoms with van der Waals surface area (Å²) in [6, 6.07) is 11.9. The molecule has 2 nitrogen and oxygen atoms in total. The first-order valence-corrected chi connectivity index (χ1v) is 7.12. The molecule has 0 aliphatic heterocycles. The number of carbonyl (C=O) groups is 1. The Morgan fingerprint density at radius 2 is 1.84 bits per heavy atom. The van der Waals surface area contributed by atoms with Gasteiger partial charge < -0.3 is 4.74 Å². The van der Waals surface area contributed by atoms with Gasteiger partial charge in [0.15, 0.2) is 6.29 Å². The van der Waals surface area contributed by atoms with Crippen molar-refractivity contribution in [1.29, 1.82) is 0 Å². The normalized spacial score (nSPS) is 10.9.